The molecule has 0 N–H and O–H groups in total. The first-order valence-corrected chi connectivity index (χ1v) is 16.3. The normalized spacial score (nSPS) is 11.2. The van der Waals surface area contributed by atoms with E-state index in [2.05, 4.69) is 114 Å². The molecule has 0 aliphatic heterocycles. The van der Waals surface area contributed by atoms with Gasteiger partial charge in [0, 0.05) is 37.2 Å². The third kappa shape index (κ3) is 16.5. The molecule has 34 heavy (non-hydrogen) atoms. The van der Waals surface area contributed by atoms with Crippen LogP contribution in [0.3, 0.4) is 0 Å². The van der Waals surface area contributed by atoms with Gasteiger partial charge >= 0.3 is 41.5 Å². The molecule has 0 bridgehead atoms. The van der Waals surface area contributed by atoms with Crippen molar-refractivity contribution >= 4 is 30.1 Å². The third-order valence-corrected chi connectivity index (χ3v) is 4.64. The van der Waals surface area contributed by atoms with Gasteiger partial charge in [-0.1, -0.05) is 62.3 Å². The van der Waals surface area contributed by atoms with Crippen LogP contribution in [0, 0.1) is 0 Å². The minimum absolute atomic E-state index is 0.253. The SMILES string of the molecule is CC(C)(C)c1ccncc1.CC(C)(C)c1ccncc1.CC(C)(C)c1ccncc1.[Cl][Cr]([Cl])[Cl]. The van der Waals surface area contributed by atoms with E-state index in [-0.39, 0.29) is 16.2 Å². The van der Waals surface area contributed by atoms with E-state index >= 15 is 0 Å². The number of hydrogen-bond donors (Lipinski definition) is 0. The fourth-order valence-corrected chi connectivity index (χ4v) is 2.56. The monoisotopic (exact) mass is 562 g/mol. The maximum absolute atomic E-state index is 4.93. The van der Waals surface area contributed by atoms with Crippen molar-refractivity contribution in [2.24, 2.45) is 0 Å². The van der Waals surface area contributed by atoms with Crippen LogP contribution in [0.5, 0.6) is 0 Å². The van der Waals surface area contributed by atoms with E-state index in [4.69, 9.17) is 30.1 Å². The molecule has 0 saturated carbocycles. The number of halogens is 3. The Bertz CT molecular complexity index is 767. The number of aromatic nitrogens is 3. The molecule has 0 amide bonds. The summed E-state index contributed by atoms with van der Waals surface area (Å²) >= 11 is -1.62. The summed E-state index contributed by atoms with van der Waals surface area (Å²) < 4.78 is 0. The van der Waals surface area contributed by atoms with Crippen molar-refractivity contribution in [2.75, 3.05) is 0 Å². The van der Waals surface area contributed by atoms with Gasteiger partial charge in [0.05, 0.1) is 0 Å². The Labute approximate surface area is 224 Å². The van der Waals surface area contributed by atoms with Crippen LogP contribution in [0.1, 0.15) is 79.0 Å². The van der Waals surface area contributed by atoms with E-state index < -0.39 is 11.4 Å². The molecule has 7 heteroatoms. The Morgan fingerprint density at radius 2 is 0.588 bits per heavy atom. The topological polar surface area (TPSA) is 38.7 Å². The molecule has 3 aromatic rings. The van der Waals surface area contributed by atoms with E-state index in [1.165, 1.54) is 16.7 Å². The fraction of sp³-hybridized carbons (Fsp3) is 0.444. The molecule has 0 aliphatic rings. The summed E-state index contributed by atoms with van der Waals surface area (Å²) in [4.78, 5) is 11.9. The Hall–Kier alpha value is -1.15. The number of rotatable bonds is 0. The molecule has 3 nitrogen and oxygen atoms in total. The Balaban J connectivity index is 0.000000445. The predicted molar refractivity (Wildman–Crippen MR) is 146 cm³/mol. The molecule has 3 heterocycles. The van der Waals surface area contributed by atoms with Crippen molar-refractivity contribution in [1.29, 1.82) is 0 Å². The van der Waals surface area contributed by atoms with Gasteiger partial charge in [-0.3, -0.25) is 15.0 Å². The Morgan fingerprint density at radius 1 is 0.441 bits per heavy atom. The molecular formula is C27H39Cl3CrN3. The van der Waals surface area contributed by atoms with Gasteiger partial charge in [-0.2, -0.15) is 0 Å². The zero-order chi connectivity index (χ0) is 26.4. The van der Waals surface area contributed by atoms with Gasteiger partial charge in [0.15, 0.2) is 0 Å². The predicted octanol–water partition coefficient (Wildman–Crippen LogP) is 9.20. The quantitative estimate of drug-likeness (QED) is 0.274. The molecule has 0 aromatic carbocycles. The van der Waals surface area contributed by atoms with Gasteiger partial charge in [-0.15, -0.1) is 0 Å². The Kier molecular flexibility index (Phi) is 15.2. The van der Waals surface area contributed by atoms with Gasteiger partial charge in [-0.05, 0) is 69.3 Å². The standard InChI is InChI=1S/3C9H13N.3ClH.Cr/c3*1-9(2,3)8-4-6-10-7-5-8;;;;/h3*4-7H,1-3H3;3*1H;/q;;;;;;+3/p-3. The molecule has 3 aromatic heterocycles. The summed E-state index contributed by atoms with van der Waals surface area (Å²) in [6.07, 6.45) is 11.0. The van der Waals surface area contributed by atoms with Crippen molar-refractivity contribution in [3.63, 3.8) is 0 Å². The van der Waals surface area contributed by atoms with Crippen LogP contribution in [0.4, 0.5) is 0 Å². The van der Waals surface area contributed by atoms with Gasteiger partial charge in [0.25, 0.3) is 0 Å². The van der Waals surface area contributed by atoms with E-state index in [0.29, 0.717) is 0 Å². The second-order valence-electron chi connectivity index (χ2n) is 10.6. The van der Waals surface area contributed by atoms with Crippen LogP contribution in [0.2, 0.25) is 0 Å². The van der Waals surface area contributed by atoms with Gasteiger partial charge in [0.1, 0.15) is 0 Å². The molecule has 0 fully saturated rings. The molecule has 0 saturated heterocycles. The zero-order valence-electron chi connectivity index (χ0n) is 21.8. The van der Waals surface area contributed by atoms with Crippen molar-refractivity contribution < 1.29 is 11.4 Å². The van der Waals surface area contributed by atoms with Crippen molar-refractivity contribution in [3.05, 3.63) is 90.3 Å². The first-order valence-electron chi connectivity index (χ1n) is 11.0. The fourth-order valence-electron chi connectivity index (χ4n) is 2.56. The summed E-state index contributed by atoms with van der Waals surface area (Å²) in [7, 11) is 14.8. The van der Waals surface area contributed by atoms with E-state index in [0.717, 1.165) is 0 Å². The number of pyridine rings is 3. The average molecular weight is 564 g/mol. The Morgan fingerprint density at radius 3 is 0.676 bits per heavy atom. The van der Waals surface area contributed by atoms with Gasteiger partial charge < -0.3 is 0 Å². The van der Waals surface area contributed by atoms with Gasteiger partial charge in [-0.25, -0.2) is 0 Å². The third-order valence-electron chi connectivity index (χ3n) is 4.64. The van der Waals surface area contributed by atoms with E-state index in [1.807, 2.05) is 37.2 Å². The van der Waals surface area contributed by atoms with Crippen LogP contribution in [0.25, 0.3) is 0 Å². The average Bonchev–Trinajstić information content (AvgIpc) is 2.74. The summed E-state index contributed by atoms with van der Waals surface area (Å²) in [6.45, 7) is 19.8. The molecule has 0 spiro atoms. The second-order valence-corrected chi connectivity index (χ2v) is 17.0. The van der Waals surface area contributed by atoms with Crippen LogP contribution in [-0.2, 0) is 27.6 Å². The first kappa shape index (κ1) is 32.9. The van der Waals surface area contributed by atoms with Crippen molar-refractivity contribution in [2.45, 2.75) is 78.6 Å². The van der Waals surface area contributed by atoms with Crippen LogP contribution < -0.4 is 0 Å². The molecule has 3 rings (SSSR count). The summed E-state index contributed by atoms with van der Waals surface area (Å²) in [5.74, 6) is 0. The minimum atomic E-state index is -1.62. The summed E-state index contributed by atoms with van der Waals surface area (Å²) in [5, 5.41) is 0. The van der Waals surface area contributed by atoms with Crippen LogP contribution in [0.15, 0.2) is 73.6 Å². The van der Waals surface area contributed by atoms with Gasteiger partial charge in [0.2, 0.25) is 0 Å². The van der Waals surface area contributed by atoms with Crippen LogP contribution >= 0.6 is 30.1 Å². The van der Waals surface area contributed by atoms with E-state index in [1.54, 1.807) is 0 Å². The maximum atomic E-state index is 4.93. The summed E-state index contributed by atoms with van der Waals surface area (Å²) in [6, 6.07) is 12.3. The first-order chi connectivity index (χ1) is 15.5. The number of nitrogens with zero attached hydrogens (tertiary/aromatic N) is 3. The van der Waals surface area contributed by atoms with Crippen LogP contribution in [-0.4, -0.2) is 15.0 Å². The molecule has 0 unspecified atom stereocenters. The van der Waals surface area contributed by atoms with E-state index in [9.17, 15) is 0 Å². The molecule has 0 radical (unpaired) electrons. The second kappa shape index (κ2) is 15.8. The van der Waals surface area contributed by atoms with Crippen molar-refractivity contribution in [3.8, 4) is 0 Å². The molecular weight excluding hydrogens is 525 g/mol. The molecule has 189 valence electrons. The summed E-state index contributed by atoms with van der Waals surface area (Å²) in [5.41, 5.74) is 4.77. The molecule has 0 atom stereocenters. The number of hydrogen-bond acceptors (Lipinski definition) is 3. The molecule has 0 aliphatic carbocycles. The van der Waals surface area contributed by atoms with Crippen molar-refractivity contribution in [1.82, 2.24) is 15.0 Å². The zero-order valence-corrected chi connectivity index (χ0v) is 25.4.